The van der Waals surface area contributed by atoms with Crippen LogP contribution in [0.15, 0.2) is 60.0 Å². The third-order valence-corrected chi connectivity index (χ3v) is 6.27. The molecule has 3 aromatic rings. The first-order valence-electron chi connectivity index (χ1n) is 9.35. The molecule has 0 unspecified atom stereocenters. The third kappa shape index (κ3) is 3.68. The second-order valence-electron chi connectivity index (χ2n) is 7.15. The first kappa shape index (κ1) is 18.0. The van der Waals surface area contributed by atoms with Gasteiger partial charge in [-0.05, 0) is 54.0 Å². The van der Waals surface area contributed by atoms with Gasteiger partial charge in [0.25, 0.3) is 0 Å². The van der Waals surface area contributed by atoms with Crippen molar-refractivity contribution in [2.45, 2.75) is 26.3 Å². The molecular formula is C23H24N2OS. The van der Waals surface area contributed by atoms with E-state index in [1.165, 1.54) is 16.0 Å². The molecule has 4 rings (SSSR count). The summed E-state index contributed by atoms with van der Waals surface area (Å²) in [6, 6.07) is 19.0. The van der Waals surface area contributed by atoms with Crippen molar-refractivity contribution in [3.8, 4) is 0 Å². The van der Waals surface area contributed by atoms with Gasteiger partial charge in [-0.15, -0.1) is 11.3 Å². The maximum absolute atomic E-state index is 12.9. The lowest BCUT2D eigenvalue weighted by Gasteiger charge is -2.35. The molecule has 0 bridgehead atoms. The molecule has 27 heavy (non-hydrogen) atoms. The van der Waals surface area contributed by atoms with Crippen LogP contribution < -0.4 is 5.32 Å². The minimum atomic E-state index is 0.0482. The standard InChI is InChI=1S/C23H24N2OS/c1-16-7-6-8-17(2)22(16)24-21(26)15-25-13-11-20-19(12-14-27-20)23(25)18-9-4-3-5-10-18/h3-10,12,14,23H,11,13,15H2,1-2H3,(H,24,26)/t23-/m1/s1. The Bertz CT molecular complexity index is 928. The van der Waals surface area contributed by atoms with Gasteiger partial charge in [-0.3, -0.25) is 9.69 Å². The molecule has 0 spiro atoms. The van der Waals surface area contributed by atoms with Crippen LogP contribution >= 0.6 is 11.3 Å². The second-order valence-corrected chi connectivity index (χ2v) is 8.15. The van der Waals surface area contributed by atoms with Crippen LogP contribution in [0.3, 0.4) is 0 Å². The Labute approximate surface area is 164 Å². The molecule has 1 N–H and O–H groups in total. The summed E-state index contributed by atoms with van der Waals surface area (Å²) in [6.07, 6.45) is 1.01. The van der Waals surface area contributed by atoms with Gasteiger partial charge in [-0.2, -0.15) is 0 Å². The molecule has 4 heteroatoms. The Morgan fingerprint density at radius 3 is 2.56 bits per heavy atom. The molecule has 1 aliphatic rings. The first-order chi connectivity index (χ1) is 13.1. The summed E-state index contributed by atoms with van der Waals surface area (Å²) >= 11 is 1.82. The van der Waals surface area contributed by atoms with Gasteiger partial charge in [0.2, 0.25) is 5.91 Å². The fourth-order valence-electron chi connectivity index (χ4n) is 3.94. The summed E-state index contributed by atoms with van der Waals surface area (Å²) in [7, 11) is 0. The highest BCUT2D eigenvalue weighted by molar-refractivity contribution is 7.10. The molecule has 0 aliphatic carbocycles. The lowest BCUT2D eigenvalue weighted by atomic mass is 9.93. The molecule has 3 nitrogen and oxygen atoms in total. The van der Waals surface area contributed by atoms with Crippen molar-refractivity contribution in [2.24, 2.45) is 0 Å². The maximum atomic E-state index is 12.9. The zero-order chi connectivity index (χ0) is 18.8. The van der Waals surface area contributed by atoms with Gasteiger partial charge in [-0.1, -0.05) is 48.5 Å². The van der Waals surface area contributed by atoms with Gasteiger partial charge in [0.05, 0.1) is 12.6 Å². The van der Waals surface area contributed by atoms with Crippen LogP contribution in [0.1, 0.15) is 33.2 Å². The number of para-hydroxylation sites is 1. The summed E-state index contributed by atoms with van der Waals surface area (Å²) in [5.41, 5.74) is 5.73. The van der Waals surface area contributed by atoms with Crippen LogP contribution in [0.2, 0.25) is 0 Å². The monoisotopic (exact) mass is 376 g/mol. The number of hydrogen-bond acceptors (Lipinski definition) is 3. The minimum absolute atomic E-state index is 0.0482. The predicted molar refractivity (Wildman–Crippen MR) is 112 cm³/mol. The largest absolute Gasteiger partial charge is 0.324 e. The fourth-order valence-corrected chi connectivity index (χ4v) is 4.84. The van der Waals surface area contributed by atoms with E-state index >= 15 is 0 Å². The van der Waals surface area contributed by atoms with Crippen LogP contribution in [0.4, 0.5) is 5.69 Å². The Morgan fingerprint density at radius 2 is 1.81 bits per heavy atom. The minimum Gasteiger partial charge on any atom is -0.324 e. The third-order valence-electron chi connectivity index (χ3n) is 5.27. The van der Waals surface area contributed by atoms with Gasteiger partial charge < -0.3 is 5.32 Å². The number of benzene rings is 2. The molecule has 0 fully saturated rings. The topological polar surface area (TPSA) is 32.3 Å². The molecule has 1 atom stereocenters. The van der Waals surface area contributed by atoms with E-state index in [1.54, 1.807) is 0 Å². The normalized spacial score (nSPS) is 16.7. The van der Waals surface area contributed by atoms with Gasteiger partial charge in [0, 0.05) is 17.1 Å². The van der Waals surface area contributed by atoms with E-state index in [0.29, 0.717) is 6.54 Å². The van der Waals surface area contributed by atoms with Crippen molar-refractivity contribution >= 4 is 22.9 Å². The molecule has 0 saturated heterocycles. The van der Waals surface area contributed by atoms with Crippen molar-refractivity contribution in [3.63, 3.8) is 0 Å². The van der Waals surface area contributed by atoms with Crippen molar-refractivity contribution in [1.82, 2.24) is 4.90 Å². The van der Waals surface area contributed by atoms with Crippen molar-refractivity contribution in [1.29, 1.82) is 0 Å². The molecule has 2 aromatic carbocycles. The fraction of sp³-hybridized carbons (Fsp3) is 0.261. The smallest absolute Gasteiger partial charge is 0.238 e. The Balaban J connectivity index is 1.58. The maximum Gasteiger partial charge on any atom is 0.238 e. The predicted octanol–water partition coefficient (Wildman–Crippen LogP) is 4.95. The zero-order valence-electron chi connectivity index (χ0n) is 15.7. The number of anilines is 1. The zero-order valence-corrected chi connectivity index (χ0v) is 16.6. The number of hydrogen-bond donors (Lipinski definition) is 1. The lowest BCUT2D eigenvalue weighted by molar-refractivity contribution is -0.117. The van der Waals surface area contributed by atoms with Crippen molar-refractivity contribution in [3.05, 3.63) is 87.1 Å². The summed E-state index contributed by atoms with van der Waals surface area (Å²) in [5.74, 6) is 0.0482. The summed E-state index contributed by atoms with van der Waals surface area (Å²) in [6.45, 7) is 5.36. The molecule has 0 saturated carbocycles. The molecule has 1 amide bonds. The summed E-state index contributed by atoms with van der Waals surface area (Å²) in [4.78, 5) is 16.6. The van der Waals surface area contributed by atoms with E-state index in [-0.39, 0.29) is 11.9 Å². The number of aryl methyl sites for hydroxylation is 2. The van der Waals surface area contributed by atoms with E-state index in [4.69, 9.17) is 0 Å². The van der Waals surface area contributed by atoms with Gasteiger partial charge in [0.15, 0.2) is 0 Å². The van der Waals surface area contributed by atoms with Crippen LogP contribution in [-0.4, -0.2) is 23.9 Å². The van der Waals surface area contributed by atoms with Gasteiger partial charge in [-0.25, -0.2) is 0 Å². The lowest BCUT2D eigenvalue weighted by Crippen LogP contribution is -2.40. The van der Waals surface area contributed by atoms with E-state index in [0.717, 1.165) is 29.8 Å². The number of rotatable bonds is 4. The molecular weight excluding hydrogens is 352 g/mol. The molecule has 138 valence electrons. The number of fused-ring (bicyclic) bond motifs is 1. The highest BCUT2D eigenvalue weighted by atomic mass is 32.1. The highest BCUT2D eigenvalue weighted by Crippen LogP contribution is 2.37. The number of carbonyl (C=O) groups is 1. The molecule has 0 radical (unpaired) electrons. The van der Waals surface area contributed by atoms with Gasteiger partial charge in [0.1, 0.15) is 0 Å². The van der Waals surface area contributed by atoms with Crippen LogP contribution in [0.5, 0.6) is 0 Å². The SMILES string of the molecule is Cc1cccc(C)c1NC(=O)CN1CCc2sccc2[C@H]1c1ccccc1. The number of nitrogens with zero attached hydrogens (tertiary/aromatic N) is 1. The second kappa shape index (κ2) is 7.67. The average molecular weight is 377 g/mol. The Hall–Kier alpha value is -2.43. The van der Waals surface area contributed by atoms with Crippen LogP contribution in [-0.2, 0) is 11.2 Å². The van der Waals surface area contributed by atoms with E-state index in [9.17, 15) is 4.79 Å². The van der Waals surface area contributed by atoms with E-state index in [2.05, 4.69) is 45.9 Å². The van der Waals surface area contributed by atoms with E-state index < -0.39 is 0 Å². The summed E-state index contributed by atoms with van der Waals surface area (Å²) in [5, 5.41) is 5.31. The van der Waals surface area contributed by atoms with Crippen molar-refractivity contribution < 1.29 is 4.79 Å². The summed E-state index contributed by atoms with van der Waals surface area (Å²) < 4.78 is 0. The first-order valence-corrected chi connectivity index (χ1v) is 10.2. The average Bonchev–Trinajstić information content (AvgIpc) is 3.14. The molecule has 1 aliphatic heterocycles. The molecule has 1 aromatic heterocycles. The molecule has 2 heterocycles. The highest BCUT2D eigenvalue weighted by Gasteiger charge is 2.30. The number of thiophene rings is 1. The van der Waals surface area contributed by atoms with Crippen LogP contribution in [0, 0.1) is 13.8 Å². The van der Waals surface area contributed by atoms with Crippen molar-refractivity contribution in [2.75, 3.05) is 18.4 Å². The Kier molecular flexibility index (Phi) is 5.10. The number of carbonyl (C=O) groups excluding carboxylic acids is 1. The van der Waals surface area contributed by atoms with Crippen LogP contribution in [0.25, 0.3) is 0 Å². The number of amides is 1. The quantitative estimate of drug-likeness (QED) is 0.699. The Morgan fingerprint density at radius 1 is 1.07 bits per heavy atom. The van der Waals surface area contributed by atoms with Gasteiger partial charge >= 0.3 is 0 Å². The number of nitrogens with one attached hydrogen (secondary N) is 1. The van der Waals surface area contributed by atoms with E-state index in [1.807, 2.05) is 49.4 Å².